The highest BCUT2D eigenvalue weighted by Crippen LogP contribution is 2.33. The first-order valence-corrected chi connectivity index (χ1v) is 17.7. The zero-order chi connectivity index (χ0) is 32.8. The smallest absolute Gasteiger partial charge is 0.407 e. The van der Waals surface area contributed by atoms with Crippen molar-refractivity contribution in [1.29, 1.82) is 0 Å². The first-order valence-electron chi connectivity index (χ1n) is 16.3. The number of rotatable bonds is 15. The van der Waals surface area contributed by atoms with E-state index in [1.165, 1.54) is 4.31 Å². The number of H-pyrrole nitrogens is 1. The summed E-state index contributed by atoms with van der Waals surface area (Å²) in [7, 11) is -4.05. The SMILES string of the molecule is CCC(CC)Nc1n[nH]c2ccc(S(=O)(=O)N(CC(C)C)C[C@@H](O)[C@H](Cc3ccccc3)NC(=O)O[C@H]3CO[C@H]4OCC[C@H]43)cc12. The molecule has 4 N–H and O–H groups in total. The van der Waals surface area contributed by atoms with Gasteiger partial charge in [-0.3, -0.25) is 5.10 Å². The third-order valence-corrected chi connectivity index (χ3v) is 10.6. The number of amides is 1. The fourth-order valence-corrected chi connectivity index (χ4v) is 7.78. The molecule has 1 aromatic heterocycles. The normalized spacial score (nSPS) is 21.2. The van der Waals surface area contributed by atoms with Crippen LogP contribution in [-0.4, -0.2) is 91.0 Å². The number of carbonyl (C=O) groups excluding carboxylic acids is 1. The molecule has 0 bridgehead atoms. The first kappa shape index (κ1) is 34.1. The predicted molar refractivity (Wildman–Crippen MR) is 175 cm³/mol. The fraction of sp³-hybridized carbons (Fsp3) is 0.576. The van der Waals surface area contributed by atoms with Crippen molar-refractivity contribution in [2.75, 3.05) is 31.6 Å². The van der Waals surface area contributed by atoms with Gasteiger partial charge in [0, 0.05) is 24.5 Å². The lowest BCUT2D eigenvalue weighted by Crippen LogP contribution is -2.51. The Morgan fingerprint density at radius 1 is 1.13 bits per heavy atom. The Morgan fingerprint density at radius 2 is 1.89 bits per heavy atom. The number of hydrogen-bond donors (Lipinski definition) is 4. The number of sulfonamides is 1. The Morgan fingerprint density at radius 3 is 2.61 bits per heavy atom. The average Bonchev–Trinajstić information content (AvgIpc) is 3.77. The number of benzene rings is 2. The molecule has 0 unspecified atom stereocenters. The quantitative estimate of drug-likeness (QED) is 0.188. The Hall–Kier alpha value is -3.23. The van der Waals surface area contributed by atoms with Crippen molar-refractivity contribution < 1.29 is 32.5 Å². The molecule has 3 aromatic rings. The zero-order valence-corrected chi connectivity index (χ0v) is 27.8. The number of aromatic amines is 1. The van der Waals surface area contributed by atoms with E-state index in [9.17, 15) is 18.3 Å². The number of anilines is 1. The van der Waals surface area contributed by atoms with Crippen molar-refractivity contribution >= 4 is 32.8 Å². The van der Waals surface area contributed by atoms with Crippen molar-refractivity contribution in [3.63, 3.8) is 0 Å². The van der Waals surface area contributed by atoms with E-state index in [-0.39, 0.29) is 55.2 Å². The minimum atomic E-state index is -4.05. The van der Waals surface area contributed by atoms with Crippen molar-refractivity contribution in [3.05, 3.63) is 54.1 Å². The van der Waals surface area contributed by atoms with Crippen LogP contribution in [0.4, 0.5) is 10.6 Å². The number of nitrogens with one attached hydrogen (secondary N) is 3. The van der Waals surface area contributed by atoms with Gasteiger partial charge < -0.3 is 30.0 Å². The molecule has 2 saturated heterocycles. The van der Waals surface area contributed by atoms with Gasteiger partial charge in [-0.15, -0.1) is 0 Å². The van der Waals surface area contributed by atoms with Crippen molar-refractivity contribution in [1.82, 2.24) is 19.8 Å². The van der Waals surface area contributed by atoms with Crippen molar-refractivity contribution in [2.24, 2.45) is 11.8 Å². The third kappa shape index (κ3) is 8.00. The zero-order valence-electron chi connectivity index (χ0n) is 27.0. The molecule has 2 aromatic carbocycles. The molecule has 46 heavy (non-hydrogen) atoms. The van der Waals surface area contributed by atoms with Crippen LogP contribution in [0.2, 0.25) is 0 Å². The molecule has 0 saturated carbocycles. The molecule has 5 rings (SSSR count). The van der Waals surface area contributed by atoms with E-state index >= 15 is 0 Å². The van der Waals surface area contributed by atoms with E-state index in [0.717, 1.165) is 30.3 Å². The molecule has 12 nitrogen and oxygen atoms in total. The summed E-state index contributed by atoms with van der Waals surface area (Å²) in [5.74, 6) is 0.541. The third-order valence-electron chi connectivity index (χ3n) is 8.77. The van der Waals surface area contributed by atoms with E-state index in [4.69, 9.17) is 14.2 Å². The Balaban J connectivity index is 1.36. The number of hydrogen-bond acceptors (Lipinski definition) is 9. The van der Waals surface area contributed by atoms with Gasteiger partial charge in [0.25, 0.3) is 0 Å². The summed E-state index contributed by atoms with van der Waals surface area (Å²) in [6.07, 6.45) is 0.0520. The highest BCUT2D eigenvalue weighted by molar-refractivity contribution is 7.89. The molecule has 0 spiro atoms. The van der Waals surface area contributed by atoms with E-state index in [2.05, 4.69) is 34.7 Å². The summed E-state index contributed by atoms with van der Waals surface area (Å²) in [6.45, 7) is 8.76. The van der Waals surface area contributed by atoms with E-state index in [0.29, 0.717) is 17.8 Å². The number of carbonyl (C=O) groups is 1. The summed E-state index contributed by atoms with van der Waals surface area (Å²) in [5.41, 5.74) is 1.60. The summed E-state index contributed by atoms with van der Waals surface area (Å²) < 4.78 is 46.5. The van der Waals surface area contributed by atoms with Gasteiger partial charge in [0.1, 0.15) is 6.10 Å². The van der Waals surface area contributed by atoms with Gasteiger partial charge in [0.05, 0.1) is 41.7 Å². The molecule has 2 aliphatic heterocycles. The molecule has 3 heterocycles. The topological polar surface area (TPSA) is 155 Å². The molecule has 2 fully saturated rings. The van der Waals surface area contributed by atoms with Crippen LogP contribution in [0.3, 0.4) is 0 Å². The highest BCUT2D eigenvalue weighted by Gasteiger charge is 2.44. The molecular weight excluding hydrogens is 610 g/mol. The van der Waals surface area contributed by atoms with Crippen LogP contribution in [0.5, 0.6) is 0 Å². The molecule has 2 aliphatic rings. The van der Waals surface area contributed by atoms with Crippen LogP contribution >= 0.6 is 0 Å². The largest absolute Gasteiger partial charge is 0.443 e. The van der Waals surface area contributed by atoms with E-state index < -0.39 is 34.4 Å². The van der Waals surface area contributed by atoms with Crippen LogP contribution in [-0.2, 0) is 30.7 Å². The van der Waals surface area contributed by atoms with E-state index in [1.54, 1.807) is 18.2 Å². The molecule has 1 amide bonds. The summed E-state index contributed by atoms with van der Waals surface area (Å²) in [5, 5.41) is 25.9. The predicted octanol–water partition coefficient (Wildman–Crippen LogP) is 4.27. The van der Waals surface area contributed by atoms with Crippen LogP contribution < -0.4 is 10.6 Å². The number of aliphatic hydroxyl groups excluding tert-OH is 1. The average molecular weight is 658 g/mol. The lowest BCUT2D eigenvalue weighted by Gasteiger charge is -2.31. The van der Waals surface area contributed by atoms with Gasteiger partial charge in [0.15, 0.2) is 12.1 Å². The molecular formula is C33H47N5O7S. The number of ether oxygens (including phenoxy) is 3. The molecule has 5 atom stereocenters. The maximum absolute atomic E-state index is 14.2. The van der Waals surface area contributed by atoms with Crippen molar-refractivity contribution in [3.8, 4) is 0 Å². The van der Waals surface area contributed by atoms with Crippen molar-refractivity contribution in [2.45, 2.75) is 88.9 Å². The summed E-state index contributed by atoms with van der Waals surface area (Å²) in [6, 6.07) is 13.7. The van der Waals surface area contributed by atoms with Gasteiger partial charge in [0.2, 0.25) is 10.0 Å². The molecule has 0 radical (unpaired) electrons. The standard InChI is InChI=1S/C33H47N5O7S/c1-5-23(6-2)34-31-26-17-24(12-13-27(26)36-37-31)46(41,42)38(18-21(3)4)19-29(39)28(16-22-10-8-7-9-11-22)35-33(40)45-30-20-44-32-25(30)14-15-43-32/h7-13,17,21,23,25,28-30,32,39H,5-6,14-16,18-20H2,1-4H3,(H,35,40)(H2,34,36,37)/t25-,28-,29+,30-,32+/m0/s1. The Labute approximate surface area is 271 Å². The van der Waals surface area contributed by atoms with Crippen LogP contribution in [0, 0.1) is 11.8 Å². The summed E-state index contributed by atoms with van der Waals surface area (Å²) >= 11 is 0. The monoisotopic (exact) mass is 657 g/mol. The second-order valence-electron chi connectivity index (χ2n) is 12.6. The van der Waals surface area contributed by atoms with Gasteiger partial charge in [-0.05, 0) is 55.4 Å². The minimum absolute atomic E-state index is 0.0267. The van der Waals surface area contributed by atoms with Gasteiger partial charge in [-0.2, -0.15) is 9.40 Å². The minimum Gasteiger partial charge on any atom is -0.443 e. The fourth-order valence-electron chi connectivity index (χ4n) is 6.13. The number of fused-ring (bicyclic) bond motifs is 2. The van der Waals surface area contributed by atoms with Gasteiger partial charge >= 0.3 is 6.09 Å². The maximum atomic E-state index is 14.2. The second-order valence-corrected chi connectivity index (χ2v) is 14.6. The number of aliphatic hydroxyl groups is 1. The lowest BCUT2D eigenvalue weighted by molar-refractivity contribution is -0.0907. The Bertz CT molecular complexity index is 1550. The van der Waals surface area contributed by atoms with Gasteiger partial charge in [-0.25, -0.2) is 13.2 Å². The van der Waals surface area contributed by atoms with Gasteiger partial charge in [-0.1, -0.05) is 58.0 Å². The van der Waals surface area contributed by atoms with Crippen LogP contribution in [0.25, 0.3) is 10.9 Å². The number of nitrogens with zero attached hydrogens (tertiary/aromatic N) is 2. The molecule has 252 valence electrons. The number of alkyl carbamates (subject to hydrolysis) is 1. The summed E-state index contributed by atoms with van der Waals surface area (Å²) in [4.78, 5) is 13.2. The first-order chi connectivity index (χ1) is 22.1. The second kappa shape index (κ2) is 15.1. The molecule has 13 heteroatoms. The van der Waals surface area contributed by atoms with E-state index in [1.807, 2.05) is 44.2 Å². The maximum Gasteiger partial charge on any atom is 0.407 e. The van der Waals surface area contributed by atoms with Crippen LogP contribution in [0.1, 0.15) is 52.5 Å². The van der Waals surface area contributed by atoms with Crippen LogP contribution in [0.15, 0.2) is 53.4 Å². The molecule has 0 aliphatic carbocycles. The highest BCUT2D eigenvalue weighted by atomic mass is 32.2. The number of aromatic nitrogens is 2. The Kier molecular flexibility index (Phi) is 11.2. The lowest BCUT2D eigenvalue weighted by atomic mass is 10.0.